The number of hydrogen-bond acceptors (Lipinski definition) is 5. The molecule has 0 saturated carbocycles. The summed E-state index contributed by atoms with van der Waals surface area (Å²) in [7, 11) is 0. The Balaban J connectivity index is 1.94. The summed E-state index contributed by atoms with van der Waals surface area (Å²) >= 11 is 3.36. The number of nitrogens with zero attached hydrogens (tertiary/aromatic N) is 1. The van der Waals surface area contributed by atoms with Crippen LogP contribution < -0.4 is 5.32 Å². The Labute approximate surface area is 152 Å². The standard InChI is InChI=1S/C17H15BrN2O5/c1-11(17(22)25-10-13-5-2-3-8-15(13)18)19-16(21)12-6-4-7-14(9-12)20(23)24/h2-9,11H,10H2,1H3,(H,19,21). The molecular formula is C17H15BrN2O5. The molecule has 8 heteroatoms. The third kappa shape index (κ3) is 5.12. The number of nitrogens with one attached hydrogen (secondary N) is 1. The van der Waals surface area contributed by atoms with E-state index in [1.54, 1.807) is 0 Å². The largest absolute Gasteiger partial charge is 0.459 e. The van der Waals surface area contributed by atoms with Crippen LogP contribution in [0.1, 0.15) is 22.8 Å². The van der Waals surface area contributed by atoms with E-state index in [1.165, 1.54) is 25.1 Å². The fourth-order valence-electron chi connectivity index (χ4n) is 1.99. The molecule has 0 radical (unpaired) electrons. The smallest absolute Gasteiger partial charge is 0.328 e. The van der Waals surface area contributed by atoms with Crippen molar-refractivity contribution in [3.8, 4) is 0 Å². The van der Waals surface area contributed by atoms with Crippen LogP contribution in [0.15, 0.2) is 53.0 Å². The van der Waals surface area contributed by atoms with Crippen LogP contribution in [-0.4, -0.2) is 22.8 Å². The Kier molecular flexibility index (Phi) is 6.24. The molecule has 0 spiro atoms. The Morgan fingerprint density at radius 1 is 1.24 bits per heavy atom. The summed E-state index contributed by atoms with van der Waals surface area (Å²) in [6.45, 7) is 1.55. The Hall–Kier alpha value is -2.74. The fraction of sp³-hybridized carbons (Fsp3) is 0.176. The molecule has 0 aliphatic heterocycles. The number of non-ortho nitro benzene ring substituents is 1. The maximum atomic E-state index is 12.1. The molecule has 0 fully saturated rings. The van der Waals surface area contributed by atoms with E-state index in [0.717, 1.165) is 16.1 Å². The molecular weight excluding hydrogens is 392 g/mol. The zero-order valence-corrected chi connectivity index (χ0v) is 14.9. The highest BCUT2D eigenvalue weighted by molar-refractivity contribution is 9.10. The van der Waals surface area contributed by atoms with E-state index in [4.69, 9.17) is 4.74 Å². The summed E-state index contributed by atoms with van der Waals surface area (Å²) < 4.78 is 5.99. The molecule has 1 amide bonds. The first-order valence-electron chi connectivity index (χ1n) is 7.34. The van der Waals surface area contributed by atoms with Gasteiger partial charge in [-0.15, -0.1) is 0 Å². The van der Waals surface area contributed by atoms with Gasteiger partial charge in [0.25, 0.3) is 11.6 Å². The number of carbonyl (C=O) groups is 2. The zero-order chi connectivity index (χ0) is 18.4. The van der Waals surface area contributed by atoms with Gasteiger partial charge in [-0.2, -0.15) is 0 Å². The van der Waals surface area contributed by atoms with Crippen molar-refractivity contribution in [2.24, 2.45) is 0 Å². The zero-order valence-electron chi connectivity index (χ0n) is 13.3. The van der Waals surface area contributed by atoms with Gasteiger partial charge in [0.2, 0.25) is 0 Å². The summed E-state index contributed by atoms with van der Waals surface area (Å²) in [4.78, 5) is 34.3. The maximum Gasteiger partial charge on any atom is 0.328 e. The quantitative estimate of drug-likeness (QED) is 0.451. The summed E-state index contributed by atoms with van der Waals surface area (Å²) in [6, 6.07) is 11.7. The molecule has 130 valence electrons. The van der Waals surface area contributed by atoms with E-state index in [0.29, 0.717) is 0 Å². The first-order chi connectivity index (χ1) is 11.9. The molecule has 0 aliphatic rings. The summed E-state index contributed by atoms with van der Waals surface area (Å²) in [5.41, 5.74) is 0.699. The van der Waals surface area contributed by atoms with Crippen LogP contribution in [0.5, 0.6) is 0 Å². The lowest BCUT2D eigenvalue weighted by molar-refractivity contribution is -0.384. The van der Waals surface area contributed by atoms with Gasteiger partial charge in [-0.25, -0.2) is 4.79 Å². The minimum absolute atomic E-state index is 0.0667. The Bertz CT molecular complexity index is 809. The SMILES string of the molecule is CC(NC(=O)c1cccc([N+](=O)[O-])c1)C(=O)OCc1ccccc1Br. The summed E-state index contributed by atoms with van der Waals surface area (Å²) in [6.07, 6.45) is 0. The predicted octanol–water partition coefficient (Wildman–Crippen LogP) is 3.22. The number of carbonyl (C=O) groups excluding carboxylic acids is 2. The first kappa shape index (κ1) is 18.6. The molecule has 1 atom stereocenters. The van der Waals surface area contributed by atoms with Gasteiger partial charge in [-0.05, 0) is 19.1 Å². The molecule has 2 aromatic carbocycles. The first-order valence-corrected chi connectivity index (χ1v) is 8.13. The molecule has 0 heterocycles. The van der Waals surface area contributed by atoms with E-state index in [9.17, 15) is 19.7 Å². The Morgan fingerprint density at radius 2 is 1.96 bits per heavy atom. The molecule has 0 bridgehead atoms. The number of rotatable bonds is 6. The number of ether oxygens (including phenoxy) is 1. The van der Waals surface area contributed by atoms with Crippen molar-refractivity contribution in [2.45, 2.75) is 19.6 Å². The van der Waals surface area contributed by atoms with Crippen molar-refractivity contribution in [1.29, 1.82) is 0 Å². The van der Waals surface area contributed by atoms with Gasteiger partial charge in [0.1, 0.15) is 12.6 Å². The average Bonchev–Trinajstić information content (AvgIpc) is 2.60. The monoisotopic (exact) mass is 406 g/mol. The topological polar surface area (TPSA) is 98.5 Å². The minimum Gasteiger partial charge on any atom is -0.459 e. The lowest BCUT2D eigenvalue weighted by atomic mass is 10.2. The number of benzene rings is 2. The molecule has 7 nitrogen and oxygen atoms in total. The van der Waals surface area contributed by atoms with Crippen molar-refractivity contribution in [3.63, 3.8) is 0 Å². The summed E-state index contributed by atoms with van der Waals surface area (Å²) in [5.74, 6) is -1.19. The summed E-state index contributed by atoms with van der Waals surface area (Å²) in [5, 5.41) is 13.2. The van der Waals surface area contributed by atoms with Crippen LogP contribution in [0, 0.1) is 10.1 Å². The highest BCUT2D eigenvalue weighted by Crippen LogP contribution is 2.17. The number of esters is 1. The molecule has 1 N–H and O–H groups in total. The Morgan fingerprint density at radius 3 is 2.64 bits per heavy atom. The second kappa shape index (κ2) is 8.39. The van der Waals surface area contributed by atoms with Gasteiger partial charge < -0.3 is 10.1 Å². The van der Waals surface area contributed by atoms with E-state index >= 15 is 0 Å². The van der Waals surface area contributed by atoms with E-state index in [2.05, 4.69) is 21.2 Å². The molecule has 0 aromatic heterocycles. The third-order valence-electron chi connectivity index (χ3n) is 3.35. The number of nitro benzene ring substituents is 1. The molecule has 1 unspecified atom stereocenters. The van der Waals surface area contributed by atoms with E-state index in [1.807, 2.05) is 24.3 Å². The van der Waals surface area contributed by atoms with E-state index in [-0.39, 0.29) is 17.9 Å². The molecule has 0 saturated heterocycles. The lowest BCUT2D eigenvalue weighted by Crippen LogP contribution is -2.39. The number of hydrogen-bond donors (Lipinski definition) is 1. The second-order valence-electron chi connectivity index (χ2n) is 5.20. The minimum atomic E-state index is -0.894. The highest BCUT2D eigenvalue weighted by atomic mass is 79.9. The van der Waals surface area contributed by atoms with Crippen LogP contribution >= 0.6 is 15.9 Å². The van der Waals surface area contributed by atoms with Gasteiger partial charge in [0.15, 0.2) is 0 Å². The van der Waals surface area contributed by atoms with Crippen molar-refractivity contribution < 1.29 is 19.2 Å². The number of amides is 1. The molecule has 2 aromatic rings. The number of nitro groups is 1. The predicted molar refractivity (Wildman–Crippen MR) is 94.0 cm³/mol. The third-order valence-corrected chi connectivity index (χ3v) is 4.12. The lowest BCUT2D eigenvalue weighted by Gasteiger charge is -2.14. The van der Waals surface area contributed by atoms with Crippen molar-refractivity contribution in [1.82, 2.24) is 5.32 Å². The van der Waals surface area contributed by atoms with Crippen LogP contribution in [0.4, 0.5) is 5.69 Å². The van der Waals surface area contributed by atoms with Gasteiger partial charge in [-0.3, -0.25) is 14.9 Å². The van der Waals surface area contributed by atoms with Crippen LogP contribution in [-0.2, 0) is 16.1 Å². The molecule has 25 heavy (non-hydrogen) atoms. The number of halogens is 1. The molecule has 2 rings (SSSR count). The van der Waals surface area contributed by atoms with E-state index < -0.39 is 22.8 Å². The van der Waals surface area contributed by atoms with Crippen LogP contribution in [0.2, 0.25) is 0 Å². The van der Waals surface area contributed by atoms with Crippen molar-refractivity contribution in [2.75, 3.05) is 0 Å². The van der Waals surface area contributed by atoms with Gasteiger partial charge in [0.05, 0.1) is 4.92 Å². The molecule has 0 aliphatic carbocycles. The highest BCUT2D eigenvalue weighted by Gasteiger charge is 2.19. The maximum absolute atomic E-state index is 12.1. The van der Waals surface area contributed by atoms with Crippen molar-refractivity contribution in [3.05, 3.63) is 74.2 Å². The van der Waals surface area contributed by atoms with Crippen LogP contribution in [0.25, 0.3) is 0 Å². The fourth-order valence-corrected chi connectivity index (χ4v) is 2.39. The van der Waals surface area contributed by atoms with Crippen molar-refractivity contribution >= 4 is 33.5 Å². The normalized spacial score (nSPS) is 11.4. The van der Waals surface area contributed by atoms with Gasteiger partial charge in [-0.1, -0.05) is 40.2 Å². The second-order valence-corrected chi connectivity index (χ2v) is 6.06. The average molecular weight is 407 g/mol. The van der Waals surface area contributed by atoms with Gasteiger partial charge in [0, 0.05) is 27.7 Å². The van der Waals surface area contributed by atoms with Gasteiger partial charge >= 0.3 is 5.97 Å². The van der Waals surface area contributed by atoms with Crippen LogP contribution in [0.3, 0.4) is 0 Å².